The van der Waals surface area contributed by atoms with Gasteiger partial charge in [0.1, 0.15) is 0 Å². The third-order valence-corrected chi connectivity index (χ3v) is 6.22. The van der Waals surface area contributed by atoms with Gasteiger partial charge in [0.05, 0.1) is 11.6 Å². The molecule has 1 fully saturated rings. The molecular weight excluding hydrogens is 400 g/mol. The molecule has 1 aliphatic carbocycles. The summed E-state index contributed by atoms with van der Waals surface area (Å²) in [6.07, 6.45) is 5.10. The van der Waals surface area contributed by atoms with Gasteiger partial charge in [0, 0.05) is 16.4 Å². The summed E-state index contributed by atoms with van der Waals surface area (Å²) in [6, 6.07) is 13.9. The van der Waals surface area contributed by atoms with Gasteiger partial charge in [0.15, 0.2) is 5.76 Å². The van der Waals surface area contributed by atoms with Gasteiger partial charge < -0.3 is 10.4 Å². The lowest BCUT2D eigenvalue weighted by Crippen LogP contribution is -2.43. The van der Waals surface area contributed by atoms with E-state index in [1.54, 1.807) is 29.2 Å². The summed E-state index contributed by atoms with van der Waals surface area (Å²) >= 11 is 6.03. The summed E-state index contributed by atoms with van der Waals surface area (Å²) in [5, 5.41) is 14.1. The lowest BCUT2D eigenvalue weighted by atomic mass is 9.80. The molecule has 1 unspecified atom stereocenters. The van der Waals surface area contributed by atoms with Crippen LogP contribution in [0.2, 0.25) is 5.02 Å². The Hall–Kier alpha value is -2.79. The molecule has 4 rings (SSSR count). The van der Waals surface area contributed by atoms with Crippen LogP contribution in [0.3, 0.4) is 0 Å². The Morgan fingerprint density at radius 3 is 2.47 bits per heavy atom. The molecule has 1 heterocycles. The predicted molar refractivity (Wildman–Crippen MR) is 119 cm³/mol. The number of carbonyl (C=O) groups excluding carboxylic acids is 2. The van der Waals surface area contributed by atoms with E-state index in [9.17, 15) is 14.7 Å². The van der Waals surface area contributed by atoms with Gasteiger partial charge in [0.2, 0.25) is 0 Å². The lowest BCUT2D eigenvalue weighted by Gasteiger charge is -2.35. The molecule has 0 aromatic heterocycles. The fourth-order valence-electron chi connectivity index (χ4n) is 4.51. The Morgan fingerprint density at radius 1 is 1.10 bits per heavy atom. The van der Waals surface area contributed by atoms with Crippen LogP contribution < -0.4 is 10.2 Å². The van der Waals surface area contributed by atoms with E-state index in [0.29, 0.717) is 16.4 Å². The minimum atomic E-state index is -0.523. The Bertz CT molecular complexity index is 994. The second kappa shape index (κ2) is 8.52. The summed E-state index contributed by atoms with van der Waals surface area (Å²) in [5.41, 5.74) is 2.44. The van der Waals surface area contributed by atoms with Crippen molar-refractivity contribution in [2.45, 2.75) is 45.1 Å². The van der Waals surface area contributed by atoms with Crippen molar-refractivity contribution in [3.8, 4) is 0 Å². The highest BCUT2D eigenvalue weighted by molar-refractivity contribution is 6.31. The van der Waals surface area contributed by atoms with Crippen LogP contribution in [-0.4, -0.2) is 23.0 Å². The molecule has 1 saturated carbocycles. The Morgan fingerprint density at radius 2 is 1.80 bits per heavy atom. The molecule has 2 aromatic carbocycles. The van der Waals surface area contributed by atoms with Crippen LogP contribution in [0.25, 0.3) is 0 Å². The first kappa shape index (κ1) is 20.5. The van der Waals surface area contributed by atoms with Gasteiger partial charge in [-0.3, -0.25) is 14.5 Å². The SMILES string of the molecule is Cc1ccc(N2C(=O)C(O)=C(C(=O)Nc3cccc(Cl)c3)C2C2CCCCC2)cc1. The smallest absolute Gasteiger partial charge is 0.294 e. The number of carbonyl (C=O) groups is 2. The third-order valence-electron chi connectivity index (χ3n) is 5.99. The van der Waals surface area contributed by atoms with Crippen molar-refractivity contribution in [1.29, 1.82) is 0 Å². The van der Waals surface area contributed by atoms with Crippen molar-refractivity contribution in [1.82, 2.24) is 0 Å². The fraction of sp³-hybridized carbons (Fsp3) is 0.333. The molecule has 5 nitrogen and oxygen atoms in total. The number of aliphatic hydroxyl groups excluding tert-OH is 1. The molecule has 6 heteroatoms. The van der Waals surface area contributed by atoms with Crippen LogP contribution >= 0.6 is 11.6 Å². The van der Waals surface area contributed by atoms with Crippen LogP contribution in [0.4, 0.5) is 11.4 Å². The predicted octanol–water partition coefficient (Wildman–Crippen LogP) is 5.39. The molecule has 0 radical (unpaired) electrons. The molecule has 0 saturated heterocycles. The molecule has 0 bridgehead atoms. The molecule has 2 amide bonds. The van der Waals surface area contributed by atoms with Crippen LogP contribution in [0.1, 0.15) is 37.7 Å². The Kier molecular flexibility index (Phi) is 5.82. The number of benzene rings is 2. The topological polar surface area (TPSA) is 69.6 Å². The number of amides is 2. The molecule has 2 aliphatic rings. The number of hydrogen-bond acceptors (Lipinski definition) is 3. The highest BCUT2D eigenvalue weighted by Gasteiger charge is 2.47. The second-order valence-corrected chi connectivity index (χ2v) is 8.52. The zero-order valence-corrected chi connectivity index (χ0v) is 17.7. The number of aliphatic hydroxyl groups is 1. The van der Waals surface area contributed by atoms with Gasteiger partial charge in [0.25, 0.3) is 11.8 Å². The minimum Gasteiger partial charge on any atom is -0.503 e. The summed E-state index contributed by atoms with van der Waals surface area (Å²) < 4.78 is 0. The van der Waals surface area contributed by atoms with E-state index in [2.05, 4.69) is 5.32 Å². The highest BCUT2D eigenvalue weighted by Crippen LogP contribution is 2.40. The third kappa shape index (κ3) is 3.94. The monoisotopic (exact) mass is 424 g/mol. The van der Waals surface area contributed by atoms with Crippen molar-refractivity contribution < 1.29 is 14.7 Å². The summed E-state index contributed by atoms with van der Waals surface area (Å²) in [4.78, 5) is 27.9. The first-order valence-electron chi connectivity index (χ1n) is 10.4. The average molecular weight is 425 g/mol. The number of halogens is 1. The standard InChI is InChI=1S/C24H25ClN2O3/c1-15-10-12-19(13-11-15)27-21(16-6-3-2-4-7-16)20(22(28)24(27)30)23(29)26-18-9-5-8-17(25)14-18/h5,8-14,16,21,28H,2-4,6-7H2,1H3,(H,26,29). The molecule has 30 heavy (non-hydrogen) atoms. The molecule has 2 aromatic rings. The summed E-state index contributed by atoms with van der Waals surface area (Å²) in [7, 11) is 0. The van der Waals surface area contributed by atoms with Gasteiger partial charge in [-0.2, -0.15) is 0 Å². The Balaban J connectivity index is 1.71. The van der Waals surface area contributed by atoms with Crippen molar-refractivity contribution >= 4 is 34.8 Å². The highest BCUT2D eigenvalue weighted by atomic mass is 35.5. The molecule has 0 spiro atoms. The molecule has 156 valence electrons. The first-order valence-corrected chi connectivity index (χ1v) is 10.7. The summed E-state index contributed by atoms with van der Waals surface area (Å²) in [6.45, 7) is 1.98. The number of hydrogen-bond donors (Lipinski definition) is 2. The van der Waals surface area contributed by atoms with E-state index in [4.69, 9.17) is 11.6 Å². The van der Waals surface area contributed by atoms with Gasteiger partial charge in [-0.05, 0) is 56.0 Å². The van der Waals surface area contributed by atoms with Gasteiger partial charge >= 0.3 is 0 Å². The number of rotatable bonds is 4. The molecule has 1 aliphatic heterocycles. The first-order chi connectivity index (χ1) is 14.5. The largest absolute Gasteiger partial charge is 0.503 e. The normalized spacial score (nSPS) is 20.0. The van der Waals surface area contributed by atoms with Crippen molar-refractivity contribution in [3.05, 3.63) is 70.4 Å². The van der Waals surface area contributed by atoms with E-state index in [1.807, 2.05) is 31.2 Å². The maximum atomic E-state index is 13.2. The number of aryl methyl sites for hydroxylation is 1. The zero-order chi connectivity index (χ0) is 21.3. The maximum absolute atomic E-state index is 13.2. The maximum Gasteiger partial charge on any atom is 0.294 e. The van der Waals surface area contributed by atoms with Crippen LogP contribution in [0.5, 0.6) is 0 Å². The van der Waals surface area contributed by atoms with Gasteiger partial charge in [-0.1, -0.05) is 54.6 Å². The second-order valence-electron chi connectivity index (χ2n) is 8.08. The van der Waals surface area contributed by atoms with Crippen LogP contribution in [0.15, 0.2) is 59.9 Å². The van der Waals surface area contributed by atoms with Gasteiger partial charge in [-0.25, -0.2) is 0 Å². The van der Waals surface area contributed by atoms with Crippen LogP contribution in [0, 0.1) is 12.8 Å². The summed E-state index contributed by atoms with van der Waals surface area (Å²) in [5.74, 6) is -1.33. The molecule has 1 atom stereocenters. The minimum absolute atomic E-state index is 0.119. The molecule has 2 N–H and O–H groups in total. The van der Waals surface area contributed by atoms with Crippen molar-refractivity contribution in [2.75, 3.05) is 10.2 Å². The van der Waals surface area contributed by atoms with E-state index >= 15 is 0 Å². The van der Waals surface area contributed by atoms with Crippen molar-refractivity contribution in [3.63, 3.8) is 0 Å². The number of nitrogens with zero attached hydrogens (tertiary/aromatic N) is 1. The van der Waals surface area contributed by atoms with Crippen molar-refractivity contribution in [2.24, 2.45) is 5.92 Å². The zero-order valence-electron chi connectivity index (χ0n) is 16.9. The van der Waals surface area contributed by atoms with Gasteiger partial charge in [-0.15, -0.1) is 0 Å². The average Bonchev–Trinajstić information content (AvgIpc) is 3.00. The fourth-order valence-corrected chi connectivity index (χ4v) is 4.70. The van der Waals surface area contributed by atoms with E-state index in [-0.39, 0.29) is 11.5 Å². The quantitative estimate of drug-likeness (QED) is 0.690. The number of nitrogens with one attached hydrogen (secondary N) is 1. The Labute approximate surface area is 181 Å². The van der Waals surface area contributed by atoms with E-state index in [1.165, 1.54) is 0 Å². The van der Waals surface area contributed by atoms with E-state index < -0.39 is 23.6 Å². The van der Waals surface area contributed by atoms with Crippen LogP contribution in [-0.2, 0) is 9.59 Å². The molecular formula is C24H25ClN2O3. The number of anilines is 2. The van der Waals surface area contributed by atoms with E-state index in [0.717, 1.165) is 37.7 Å². The lowest BCUT2D eigenvalue weighted by molar-refractivity contribution is -0.117.